The van der Waals surface area contributed by atoms with Gasteiger partial charge in [0, 0.05) is 5.69 Å². The number of azo groups is 1. The second-order valence-electron chi connectivity index (χ2n) is 5.65. The molecule has 0 atom stereocenters. The number of fused-ring (bicyclic) bond motifs is 1. The number of nitrogens with one attached hydrogen (secondary N) is 2. The molecule has 27 heavy (non-hydrogen) atoms. The zero-order valence-electron chi connectivity index (χ0n) is 14.2. The first-order valence-electron chi connectivity index (χ1n) is 8.27. The predicted molar refractivity (Wildman–Crippen MR) is 117 cm³/mol. The predicted octanol–water partition coefficient (Wildman–Crippen LogP) is 6.52. The van der Waals surface area contributed by atoms with Crippen LogP contribution in [0, 0.1) is 0 Å². The van der Waals surface area contributed by atoms with Gasteiger partial charge in [0.05, 0.1) is 21.6 Å². The van der Waals surface area contributed by atoms with E-state index >= 15 is 0 Å². The van der Waals surface area contributed by atoms with Crippen LogP contribution in [0.15, 0.2) is 89.1 Å². The normalized spacial score (nSPS) is 11.0. The van der Waals surface area contributed by atoms with Crippen molar-refractivity contribution >= 4 is 61.1 Å². The molecule has 0 spiro atoms. The van der Waals surface area contributed by atoms with Crippen molar-refractivity contribution in [2.24, 2.45) is 10.2 Å². The van der Waals surface area contributed by atoms with E-state index in [0.717, 1.165) is 32.4 Å². The highest BCUT2D eigenvalue weighted by Crippen LogP contribution is 2.25. The van der Waals surface area contributed by atoms with Crippen LogP contribution >= 0.6 is 23.6 Å². The Morgan fingerprint density at radius 2 is 1.44 bits per heavy atom. The molecule has 4 aromatic rings. The van der Waals surface area contributed by atoms with E-state index in [4.69, 9.17) is 12.2 Å². The number of hydrogen-bond donors (Lipinski definition) is 2. The molecule has 2 N–H and O–H groups in total. The van der Waals surface area contributed by atoms with E-state index in [-0.39, 0.29) is 0 Å². The molecule has 1 aromatic heterocycles. The minimum atomic E-state index is 0.493. The van der Waals surface area contributed by atoms with Crippen LogP contribution < -0.4 is 10.6 Å². The van der Waals surface area contributed by atoms with Crippen LogP contribution in [-0.2, 0) is 0 Å². The molecule has 5 nitrogen and oxygen atoms in total. The molecule has 3 aromatic carbocycles. The van der Waals surface area contributed by atoms with Crippen LogP contribution in [-0.4, -0.2) is 10.1 Å². The summed E-state index contributed by atoms with van der Waals surface area (Å²) in [7, 11) is 0. The Hall–Kier alpha value is -3.16. The molecule has 7 heteroatoms. The van der Waals surface area contributed by atoms with Gasteiger partial charge >= 0.3 is 0 Å². The summed E-state index contributed by atoms with van der Waals surface area (Å²) >= 11 is 6.94. The van der Waals surface area contributed by atoms with Gasteiger partial charge < -0.3 is 10.6 Å². The molecule has 0 radical (unpaired) electrons. The Kier molecular flexibility index (Phi) is 5.13. The molecular weight excluding hydrogens is 374 g/mol. The molecular formula is C20H15N5S2. The van der Waals surface area contributed by atoms with E-state index in [9.17, 15) is 0 Å². The summed E-state index contributed by atoms with van der Waals surface area (Å²) in [6, 6.07) is 25.2. The summed E-state index contributed by atoms with van der Waals surface area (Å²) < 4.78 is 1.12. The van der Waals surface area contributed by atoms with Gasteiger partial charge in [0.2, 0.25) is 0 Å². The highest BCUT2D eigenvalue weighted by Gasteiger charge is 2.05. The van der Waals surface area contributed by atoms with Crippen LogP contribution in [0.1, 0.15) is 0 Å². The van der Waals surface area contributed by atoms with Crippen molar-refractivity contribution in [3.8, 4) is 0 Å². The maximum absolute atomic E-state index is 5.37. The van der Waals surface area contributed by atoms with Gasteiger partial charge in [-0.05, 0) is 60.7 Å². The molecule has 0 saturated heterocycles. The Labute approximate surface area is 165 Å². The van der Waals surface area contributed by atoms with Gasteiger partial charge in [0.1, 0.15) is 0 Å². The summed E-state index contributed by atoms with van der Waals surface area (Å²) in [5, 5.41) is 16.0. The van der Waals surface area contributed by atoms with Crippen molar-refractivity contribution in [2.45, 2.75) is 0 Å². The molecule has 0 unspecified atom stereocenters. The lowest BCUT2D eigenvalue weighted by Crippen LogP contribution is -2.18. The first-order chi connectivity index (χ1) is 13.3. The second kappa shape index (κ2) is 8.03. The van der Waals surface area contributed by atoms with Gasteiger partial charge in [-0.2, -0.15) is 10.2 Å². The second-order valence-corrected chi connectivity index (χ2v) is 7.09. The molecule has 4 rings (SSSR count). The molecule has 0 aliphatic heterocycles. The van der Waals surface area contributed by atoms with E-state index < -0.39 is 0 Å². The monoisotopic (exact) mass is 389 g/mol. The average Bonchev–Trinajstić information content (AvgIpc) is 3.10. The highest BCUT2D eigenvalue weighted by atomic mass is 32.1. The molecule has 0 fully saturated rings. The molecule has 132 valence electrons. The Bertz CT molecular complexity index is 1060. The minimum absolute atomic E-state index is 0.493. The van der Waals surface area contributed by atoms with E-state index in [1.807, 2.05) is 78.9 Å². The number of aromatic nitrogens is 1. The Balaban J connectivity index is 1.37. The lowest BCUT2D eigenvalue weighted by atomic mass is 10.3. The largest absolute Gasteiger partial charge is 0.332 e. The zero-order chi connectivity index (χ0) is 18.5. The number of thiazole rings is 1. The van der Waals surface area contributed by atoms with Crippen molar-refractivity contribution in [1.29, 1.82) is 0 Å². The molecule has 0 saturated carbocycles. The van der Waals surface area contributed by atoms with E-state index in [1.165, 1.54) is 0 Å². The third-order valence-electron chi connectivity index (χ3n) is 3.68. The van der Waals surface area contributed by atoms with Crippen molar-refractivity contribution < 1.29 is 0 Å². The van der Waals surface area contributed by atoms with Crippen molar-refractivity contribution in [1.82, 2.24) is 4.98 Å². The highest BCUT2D eigenvalue weighted by molar-refractivity contribution is 7.80. The van der Waals surface area contributed by atoms with Crippen molar-refractivity contribution in [3.05, 3.63) is 78.9 Å². The fourth-order valence-corrected chi connectivity index (χ4v) is 3.56. The number of thiocarbonyl (C=S) groups is 1. The summed E-state index contributed by atoms with van der Waals surface area (Å²) in [4.78, 5) is 4.51. The van der Waals surface area contributed by atoms with Crippen molar-refractivity contribution in [3.63, 3.8) is 0 Å². The van der Waals surface area contributed by atoms with Crippen LogP contribution in [0.5, 0.6) is 0 Å². The summed E-state index contributed by atoms with van der Waals surface area (Å²) in [6.45, 7) is 0. The number of para-hydroxylation sites is 1. The van der Waals surface area contributed by atoms with Crippen LogP contribution in [0.2, 0.25) is 0 Å². The van der Waals surface area contributed by atoms with E-state index in [0.29, 0.717) is 5.11 Å². The summed E-state index contributed by atoms with van der Waals surface area (Å²) in [5.74, 6) is 0. The van der Waals surface area contributed by atoms with Crippen LogP contribution in [0.4, 0.5) is 22.2 Å². The Morgan fingerprint density at radius 1 is 0.778 bits per heavy atom. The molecule has 0 aliphatic rings. The number of benzene rings is 3. The Morgan fingerprint density at radius 3 is 2.19 bits per heavy atom. The topological polar surface area (TPSA) is 61.7 Å². The fraction of sp³-hybridized carbons (Fsp3) is 0. The van der Waals surface area contributed by atoms with Crippen LogP contribution in [0.25, 0.3) is 10.2 Å². The molecule has 0 amide bonds. The smallest absolute Gasteiger partial charge is 0.190 e. The van der Waals surface area contributed by atoms with E-state index in [2.05, 4.69) is 25.8 Å². The maximum atomic E-state index is 5.37. The van der Waals surface area contributed by atoms with Gasteiger partial charge in [-0.15, -0.1) is 0 Å². The van der Waals surface area contributed by atoms with Crippen molar-refractivity contribution in [2.75, 3.05) is 10.6 Å². The number of rotatable bonds is 4. The average molecular weight is 390 g/mol. The molecule has 0 bridgehead atoms. The third kappa shape index (κ3) is 4.52. The van der Waals surface area contributed by atoms with Gasteiger partial charge in [0.25, 0.3) is 0 Å². The van der Waals surface area contributed by atoms with Gasteiger partial charge in [-0.1, -0.05) is 41.7 Å². The maximum Gasteiger partial charge on any atom is 0.190 e. The first kappa shape index (κ1) is 17.3. The van der Waals surface area contributed by atoms with Gasteiger partial charge in [-0.3, -0.25) is 0 Å². The number of anilines is 2. The number of hydrogen-bond acceptors (Lipinski definition) is 5. The quantitative estimate of drug-likeness (QED) is 0.308. The minimum Gasteiger partial charge on any atom is -0.332 e. The van der Waals surface area contributed by atoms with Gasteiger partial charge in [0.15, 0.2) is 10.2 Å². The fourth-order valence-electron chi connectivity index (χ4n) is 2.41. The molecule has 1 heterocycles. The van der Waals surface area contributed by atoms with E-state index in [1.54, 1.807) is 11.3 Å². The number of nitrogens with zero attached hydrogens (tertiary/aromatic N) is 3. The summed E-state index contributed by atoms with van der Waals surface area (Å²) in [5.41, 5.74) is 3.42. The summed E-state index contributed by atoms with van der Waals surface area (Å²) in [6.07, 6.45) is 0. The lowest BCUT2D eigenvalue weighted by molar-refractivity contribution is 1.23. The standard InChI is InChI=1S/C20H15N5S2/c26-19(23-20-22-17-8-4-5-9-18(17)27-20)21-14-10-12-16(13-11-14)25-24-15-6-2-1-3-7-15/h1-13H,(H2,21,22,23,26). The molecule has 0 aliphatic carbocycles. The third-order valence-corrected chi connectivity index (χ3v) is 4.83. The lowest BCUT2D eigenvalue weighted by Gasteiger charge is -2.08. The SMILES string of the molecule is S=C(Nc1ccc(N=Nc2ccccc2)cc1)Nc1nc2ccccc2s1. The van der Waals surface area contributed by atoms with Crippen LogP contribution in [0.3, 0.4) is 0 Å². The van der Waals surface area contributed by atoms with Gasteiger partial charge in [-0.25, -0.2) is 4.98 Å². The zero-order valence-corrected chi connectivity index (χ0v) is 15.8. The first-order valence-corrected chi connectivity index (χ1v) is 9.49.